The molecule has 2 aromatic carbocycles. The van der Waals surface area contributed by atoms with E-state index in [1.165, 1.54) is 0 Å². The Labute approximate surface area is 98.1 Å². The van der Waals surface area contributed by atoms with Crippen molar-refractivity contribution in [2.75, 3.05) is 11.5 Å². The van der Waals surface area contributed by atoms with Crippen LogP contribution in [0.25, 0.3) is 11.1 Å². The van der Waals surface area contributed by atoms with Crippen molar-refractivity contribution in [2.45, 2.75) is 0 Å². The summed E-state index contributed by atoms with van der Waals surface area (Å²) in [7, 11) is 0. The molecule has 0 unspecified atom stereocenters. The summed E-state index contributed by atoms with van der Waals surface area (Å²) in [6.45, 7) is 0. The zero-order valence-corrected chi connectivity index (χ0v) is 8.94. The first-order valence-corrected chi connectivity index (χ1v) is 4.97. The molecule has 0 atom stereocenters. The fourth-order valence-corrected chi connectivity index (χ4v) is 1.56. The van der Waals surface area contributed by atoms with E-state index in [1.54, 1.807) is 36.4 Å². The summed E-state index contributed by atoms with van der Waals surface area (Å²) in [6, 6.07) is 11.7. The number of halogens is 1. The van der Waals surface area contributed by atoms with Crippen LogP contribution in [0.4, 0.5) is 15.8 Å². The van der Waals surface area contributed by atoms with Crippen molar-refractivity contribution in [2.24, 2.45) is 0 Å². The van der Waals surface area contributed by atoms with E-state index in [9.17, 15) is 4.39 Å². The van der Waals surface area contributed by atoms with Gasteiger partial charge in [0.15, 0.2) is 5.82 Å². The minimum atomic E-state index is -0.533. The summed E-state index contributed by atoms with van der Waals surface area (Å²) in [5.41, 5.74) is 12.8. The zero-order valence-electron chi connectivity index (χ0n) is 8.94. The molecule has 0 spiro atoms. The third-order valence-corrected chi connectivity index (χ3v) is 2.54. The average molecular weight is 227 g/mol. The molecule has 4 heteroatoms. The Balaban J connectivity index is 2.54. The highest BCUT2D eigenvalue weighted by molar-refractivity contribution is 5.75. The highest BCUT2D eigenvalue weighted by atomic mass is 19.1. The van der Waals surface area contributed by atoms with Crippen LogP contribution in [-0.2, 0) is 0 Å². The van der Waals surface area contributed by atoms with Gasteiger partial charge in [-0.05, 0) is 29.8 Å². The van der Waals surface area contributed by atoms with Crippen LogP contribution in [0.15, 0.2) is 36.4 Å². The number of benzene rings is 2. The van der Waals surface area contributed by atoms with Gasteiger partial charge in [0.1, 0.15) is 0 Å². The fraction of sp³-hybridized carbons (Fsp3) is 0. The molecule has 0 fully saturated rings. The van der Waals surface area contributed by atoms with Gasteiger partial charge in [-0.15, -0.1) is 0 Å². The van der Waals surface area contributed by atoms with Gasteiger partial charge < -0.3 is 11.5 Å². The first kappa shape index (κ1) is 11.0. The quantitative estimate of drug-likeness (QED) is 0.735. The zero-order chi connectivity index (χ0) is 12.4. The summed E-state index contributed by atoms with van der Waals surface area (Å²) in [4.78, 5) is 0. The number of nitrogens with zero attached hydrogens (tertiary/aromatic N) is 1. The number of hydrogen-bond acceptors (Lipinski definition) is 3. The van der Waals surface area contributed by atoms with Crippen molar-refractivity contribution >= 4 is 11.4 Å². The van der Waals surface area contributed by atoms with Gasteiger partial charge in [0.2, 0.25) is 0 Å². The molecule has 17 heavy (non-hydrogen) atoms. The molecule has 0 radical (unpaired) electrons. The van der Waals surface area contributed by atoms with E-state index < -0.39 is 5.82 Å². The Hall–Kier alpha value is -2.54. The van der Waals surface area contributed by atoms with Gasteiger partial charge >= 0.3 is 0 Å². The highest BCUT2D eigenvalue weighted by Gasteiger charge is 2.10. The van der Waals surface area contributed by atoms with Gasteiger partial charge in [0.25, 0.3) is 0 Å². The molecule has 0 bridgehead atoms. The van der Waals surface area contributed by atoms with E-state index >= 15 is 0 Å². The number of nitrogens with two attached hydrogens (primary N) is 2. The summed E-state index contributed by atoms with van der Waals surface area (Å²) in [5, 5.41) is 8.67. The Bertz CT molecular complexity index is 597. The monoisotopic (exact) mass is 227 g/mol. The van der Waals surface area contributed by atoms with Gasteiger partial charge in [-0.2, -0.15) is 5.26 Å². The lowest BCUT2D eigenvalue weighted by atomic mass is 10.0. The van der Waals surface area contributed by atoms with Crippen LogP contribution < -0.4 is 11.5 Å². The molecule has 0 saturated carbocycles. The van der Waals surface area contributed by atoms with Crippen molar-refractivity contribution in [3.8, 4) is 17.2 Å². The van der Waals surface area contributed by atoms with Gasteiger partial charge in [-0.1, -0.05) is 12.1 Å². The normalized spacial score (nSPS) is 9.88. The SMILES string of the molecule is N#Cc1ccc(-c2ccc(N)c(N)c2F)cc1. The minimum absolute atomic E-state index is 0.0492. The molecule has 84 valence electrons. The second kappa shape index (κ2) is 4.14. The molecule has 0 amide bonds. The van der Waals surface area contributed by atoms with E-state index in [-0.39, 0.29) is 11.4 Å². The number of nitriles is 1. The maximum Gasteiger partial charge on any atom is 0.156 e. The van der Waals surface area contributed by atoms with E-state index in [0.717, 1.165) is 0 Å². The van der Waals surface area contributed by atoms with Crippen molar-refractivity contribution in [1.29, 1.82) is 5.26 Å². The molecule has 0 heterocycles. The molecule has 0 aromatic heterocycles. The Kier molecular flexibility index (Phi) is 2.67. The first-order valence-electron chi connectivity index (χ1n) is 4.97. The number of rotatable bonds is 1. The summed E-state index contributed by atoms with van der Waals surface area (Å²) in [5.74, 6) is -0.533. The van der Waals surface area contributed by atoms with Crippen molar-refractivity contribution in [3.63, 3.8) is 0 Å². The van der Waals surface area contributed by atoms with Gasteiger partial charge in [0.05, 0.1) is 23.0 Å². The second-order valence-electron chi connectivity index (χ2n) is 3.62. The topological polar surface area (TPSA) is 75.8 Å². The maximum absolute atomic E-state index is 13.9. The lowest BCUT2D eigenvalue weighted by Gasteiger charge is -2.07. The maximum atomic E-state index is 13.9. The van der Waals surface area contributed by atoms with Crippen LogP contribution in [-0.4, -0.2) is 0 Å². The molecule has 0 aliphatic heterocycles. The standard InChI is InChI=1S/C13H10FN3/c14-12-10(5-6-11(16)13(12)17)9-3-1-8(7-15)2-4-9/h1-6H,16-17H2. The molecule has 3 nitrogen and oxygen atoms in total. The molecular formula is C13H10FN3. The van der Waals surface area contributed by atoms with Crippen LogP contribution in [0.5, 0.6) is 0 Å². The minimum Gasteiger partial charge on any atom is -0.397 e. The molecule has 2 rings (SSSR count). The summed E-state index contributed by atoms with van der Waals surface area (Å²) >= 11 is 0. The summed E-state index contributed by atoms with van der Waals surface area (Å²) < 4.78 is 13.9. The van der Waals surface area contributed by atoms with Crippen molar-refractivity contribution in [1.82, 2.24) is 0 Å². The van der Waals surface area contributed by atoms with Crippen LogP contribution in [0, 0.1) is 17.1 Å². The molecule has 2 aromatic rings. The lowest BCUT2D eigenvalue weighted by molar-refractivity contribution is 0.636. The highest BCUT2D eigenvalue weighted by Crippen LogP contribution is 2.29. The van der Waals surface area contributed by atoms with Gasteiger partial charge in [0, 0.05) is 5.56 Å². The predicted octanol–water partition coefficient (Wildman–Crippen LogP) is 2.53. The van der Waals surface area contributed by atoms with Crippen molar-refractivity contribution < 1.29 is 4.39 Å². The van der Waals surface area contributed by atoms with Crippen LogP contribution >= 0.6 is 0 Å². The van der Waals surface area contributed by atoms with E-state index in [0.29, 0.717) is 16.7 Å². The Morgan fingerprint density at radius 2 is 1.65 bits per heavy atom. The molecule has 0 saturated heterocycles. The predicted molar refractivity (Wildman–Crippen MR) is 65.4 cm³/mol. The Morgan fingerprint density at radius 3 is 2.24 bits per heavy atom. The molecule has 4 N–H and O–H groups in total. The van der Waals surface area contributed by atoms with Gasteiger partial charge in [-0.3, -0.25) is 0 Å². The van der Waals surface area contributed by atoms with Crippen molar-refractivity contribution in [3.05, 3.63) is 47.8 Å². The smallest absolute Gasteiger partial charge is 0.156 e. The number of nitrogen functional groups attached to an aromatic ring is 2. The fourth-order valence-electron chi connectivity index (χ4n) is 1.56. The second-order valence-corrected chi connectivity index (χ2v) is 3.62. The number of hydrogen-bond donors (Lipinski definition) is 2. The summed E-state index contributed by atoms with van der Waals surface area (Å²) in [6.07, 6.45) is 0. The van der Waals surface area contributed by atoms with E-state index in [2.05, 4.69) is 0 Å². The first-order chi connectivity index (χ1) is 8.13. The van der Waals surface area contributed by atoms with E-state index in [1.807, 2.05) is 6.07 Å². The third kappa shape index (κ3) is 1.91. The molecule has 0 aliphatic carbocycles. The Morgan fingerprint density at radius 1 is 1.00 bits per heavy atom. The van der Waals surface area contributed by atoms with Crippen LogP contribution in [0.3, 0.4) is 0 Å². The number of anilines is 2. The average Bonchev–Trinajstić information content (AvgIpc) is 2.36. The van der Waals surface area contributed by atoms with Crippen LogP contribution in [0.2, 0.25) is 0 Å². The molecule has 0 aliphatic rings. The molecular weight excluding hydrogens is 217 g/mol. The van der Waals surface area contributed by atoms with Crippen LogP contribution in [0.1, 0.15) is 5.56 Å². The lowest BCUT2D eigenvalue weighted by Crippen LogP contribution is -1.99. The van der Waals surface area contributed by atoms with E-state index in [4.69, 9.17) is 16.7 Å². The van der Waals surface area contributed by atoms with Gasteiger partial charge in [-0.25, -0.2) is 4.39 Å². The third-order valence-electron chi connectivity index (χ3n) is 2.54. The largest absolute Gasteiger partial charge is 0.397 e.